The van der Waals surface area contributed by atoms with Crippen molar-refractivity contribution < 1.29 is 23.5 Å². The summed E-state index contributed by atoms with van der Waals surface area (Å²) in [5, 5.41) is 6.69. The third kappa shape index (κ3) is 4.83. The van der Waals surface area contributed by atoms with Crippen LogP contribution >= 0.6 is 0 Å². The number of imide groups is 1. The molecule has 1 aliphatic heterocycles. The molecule has 1 saturated carbocycles. The SMILES string of the molecule is COc1ccc(C(NCC(=O)NN2C(=O)NC3(CCCCC3)C2=O)c2ccc(F)cc2)cc1. The number of halogens is 1. The fourth-order valence-corrected chi connectivity index (χ4v) is 4.45. The number of hydrogen-bond acceptors (Lipinski definition) is 5. The van der Waals surface area contributed by atoms with Gasteiger partial charge in [-0.05, 0) is 48.2 Å². The predicted molar refractivity (Wildman–Crippen MR) is 119 cm³/mol. The van der Waals surface area contributed by atoms with Crippen molar-refractivity contribution in [1.29, 1.82) is 0 Å². The molecule has 2 aliphatic rings. The number of benzene rings is 2. The molecule has 174 valence electrons. The standard InChI is InChI=1S/C24H27FN4O4/c1-33-19-11-7-17(8-12-19)21(16-5-9-18(25)10-6-16)26-15-20(30)28-29-22(31)24(27-23(29)32)13-3-2-4-14-24/h5-12,21,26H,2-4,13-15H2,1H3,(H,27,32)(H,28,30). The van der Waals surface area contributed by atoms with Gasteiger partial charge in [0.1, 0.15) is 17.1 Å². The average Bonchev–Trinajstić information content (AvgIpc) is 3.05. The highest BCUT2D eigenvalue weighted by Gasteiger charge is 2.52. The van der Waals surface area contributed by atoms with Crippen LogP contribution in [0.25, 0.3) is 0 Å². The number of amides is 4. The number of nitrogens with one attached hydrogen (secondary N) is 3. The Morgan fingerprint density at radius 2 is 1.67 bits per heavy atom. The second-order valence-corrected chi connectivity index (χ2v) is 8.39. The van der Waals surface area contributed by atoms with E-state index in [1.54, 1.807) is 31.4 Å². The Kier molecular flexibility index (Phi) is 6.60. The predicted octanol–water partition coefficient (Wildman–Crippen LogP) is 2.80. The van der Waals surface area contributed by atoms with Crippen LogP contribution in [-0.4, -0.2) is 42.0 Å². The number of hydrazine groups is 1. The first-order valence-corrected chi connectivity index (χ1v) is 11.0. The van der Waals surface area contributed by atoms with Gasteiger partial charge in [-0.2, -0.15) is 5.01 Å². The van der Waals surface area contributed by atoms with Crippen LogP contribution in [-0.2, 0) is 9.59 Å². The van der Waals surface area contributed by atoms with Crippen molar-refractivity contribution in [3.63, 3.8) is 0 Å². The van der Waals surface area contributed by atoms with Crippen LogP contribution in [0.4, 0.5) is 9.18 Å². The summed E-state index contributed by atoms with van der Waals surface area (Å²) in [6, 6.07) is 12.2. The summed E-state index contributed by atoms with van der Waals surface area (Å²) in [6.07, 6.45) is 3.89. The number of hydrogen-bond donors (Lipinski definition) is 3. The van der Waals surface area contributed by atoms with E-state index in [-0.39, 0.29) is 12.4 Å². The van der Waals surface area contributed by atoms with Crippen LogP contribution in [0.15, 0.2) is 48.5 Å². The summed E-state index contributed by atoms with van der Waals surface area (Å²) in [7, 11) is 1.57. The van der Waals surface area contributed by atoms with Crippen molar-refractivity contribution in [2.24, 2.45) is 0 Å². The monoisotopic (exact) mass is 454 g/mol. The van der Waals surface area contributed by atoms with Crippen LogP contribution in [0.2, 0.25) is 0 Å². The molecule has 3 N–H and O–H groups in total. The van der Waals surface area contributed by atoms with Gasteiger partial charge in [-0.15, -0.1) is 0 Å². The van der Waals surface area contributed by atoms with Gasteiger partial charge in [0.2, 0.25) is 0 Å². The van der Waals surface area contributed by atoms with Crippen LogP contribution in [0, 0.1) is 5.82 Å². The second kappa shape index (κ2) is 9.58. The molecule has 4 amide bonds. The fourth-order valence-electron chi connectivity index (χ4n) is 4.45. The molecule has 0 radical (unpaired) electrons. The molecule has 8 nitrogen and oxygen atoms in total. The Labute approximate surface area is 191 Å². The molecule has 33 heavy (non-hydrogen) atoms. The third-order valence-corrected chi connectivity index (χ3v) is 6.22. The molecule has 0 bridgehead atoms. The molecule has 1 aliphatic carbocycles. The molecule has 1 unspecified atom stereocenters. The summed E-state index contributed by atoms with van der Waals surface area (Å²) < 4.78 is 18.6. The number of urea groups is 1. The largest absolute Gasteiger partial charge is 0.497 e. The Morgan fingerprint density at radius 3 is 2.27 bits per heavy atom. The van der Waals surface area contributed by atoms with E-state index in [0.717, 1.165) is 35.4 Å². The van der Waals surface area contributed by atoms with Gasteiger partial charge >= 0.3 is 6.03 Å². The molecular weight excluding hydrogens is 427 g/mol. The van der Waals surface area contributed by atoms with Gasteiger partial charge in [-0.25, -0.2) is 9.18 Å². The van der Waals surface area contributed by atoms with Crippen molar-refractivity contribution in [3.05, 3.63) is 65.5 Å². The van der Waals surface area contributed by atoms with Gasteiger partial charge in [-0.3, -0.25) is 20.3 Å². The molecule has 4 rings (SSSR count). The zero-order chi connectivity index (χ0) is 23.4. The molecule has 2 fully saturated rings. The van der Waals surface area contributed by atoms with Gasteiger partial charge in [0.15, 0.2) is 0 Å². The van der Waals surface area contributed by atoms with Crippen molar-refractivity contribution in [2.45, 2.75) is 43.7 Å². The number of rotatable bonds is 7. The van der Waals surface area contributed by atoms with E-state index in [9.17, 15) is 18.8 Å². The molecule has 9 heteroatoms. The lowest BCUT2D eigenvalue weighted by Gasteiger charge is -2.30. The van der Waals surface area contributed by atoms with Gasteiger partial charge in [0, 0.05) is 0 Å². The van der Waals surface area contributed by atoms with Crippen molar-refractivity contribution >= 4 is 17.8 Å². The van der Waals surface area contributed by atoms with E-state index in [1.165, 1.54) is 12.1 Å². The molecule has 2 aromatic rings. The summed E-state index contributed by atoms with van der Waals surface area (Å²) in [5.74, 6) is -0.623. The minimum Gasteiger partial charge on any atom is -0.497 e. The highest BCUT2D eigenvalue weighted by molar-refractivity contribution is 6.08. The van der Waals surface area contributed by atoms with Crippen molar-refractivity contribution in [2.75, 3.05) is 13.7 Å². The second-order valence-electron chi connectivity index (χ2n) is 8.39. The smallest absolute Gasteiger partial charge is 0.344 e. The average molecular weight is 455 g/mol. The quantitative estimate of drug-likeness (QED) is 0.559. The first-order chi connectivity index (χ1) is 15.9. The van der Waals surface area contributed by atoms with Crippen LogP contribution < -0.4 is 20.8 Å². The Morgan fingerprint density at radius 1 is 1.06 bits per heavy atom. The number of carbonyl (C=O) groups is 3. The topological polar surface area (TPSA) is 99.8 Å². The maximum atomic E-state index is 13.4. The molecular formula is C24H27FN4O4. The summed E-state index contributed by atoms with van der Waals surface area (Å²) in [6.45, 7) is -0.169. The van der Waals surface area contributed by atoms with E-state index in [4.69, 9.17) is 4.74 Å². The summed E-state index contributed by atoms with van der Waals surface area (Å²) in [4.78, 5) is 37.9. The van der Waals surface area contributed by atoms with Gasteiger partial charge in [0.25, 0.3) is 11.8 Å². The Hall–Kier alpha value is -3.46. The summed E-state index contributed by atoms with van der Waals surface area (Å²) in [5.41, 5.74) is 3.11. The van der Waals surface area contributed by atoms with Crippen molar-refractivity contribution in [3.8, 4) is 5.75 Å². The zero-order valence-corrected chi connectivity index (χ0v) is 18.4. The van der Waals surface area contributed by atoms with E-state index >= 15 is 0 Å². The molecule has 0 aromatic heterocycles. The first kappa shape index (κ1) is 22.7. The van der Waals surface area contributed by atoms with Crippen LogP contribution in [0.1, 0.15) is 49.3 Å². The lowest BCUT2D eigenvalue weighted by molar-refractivity contribution is -0.139. The van der Waals surface area contributed by atoms with E-state index in [0.29, 0.717) is 18.6 Å². The maximum Gasteiger partial charge on any atom is 0.344 e. The maximum absolute atomic E-state index is 13.4. The van der Waals surface area contributed by atoms with Crippen LogP contribution in [0.5, 0.6) is 5.75 Å². The van der Waals surface area contributed by atoms with Crippen molar-refractivity contribution in [1.82, 2.24) is 21.1 Å². The lowest BCUT2D eigenvalue weighted by atomic mass is 9.82. The zero-order valence-electron chi connectivity index (χ0n) is 18.4. The molecule has 1 spiro atoms. The normalized spacial score (nSPS) is 18.2. The molecule has 1 atom stereocenters. The third-order valence-electron chi connectivity index (χ3n) is 6.22. The number of methoxy groups -OCH3 is 1. The van der Waals surface area contributed by atoms with E-state index < -0.39 is 29.4 Å². The van der Waals surface area contributed by atoms with Crippen LogP contribution in [0.3, 0.4) is 0 Å². The van der Waals surface area contributed by atoms with E-state index in [2.05, 4.69) is 16.1 Å². The lowest BCUT2D eigenvalue weighted by Crippen LogP contribution is -2.52. The van der Waals surface area contributed by atoms with Gasteiger partial charge in [0.05, 0.1) is 19.7 Å². The fraction of sp³-hybridized carbons (Fsp3) is 0.375. The van der Waals surface area contributed by atoms with Gasteiger partial charge < -0.3 is 10.1 Å². The summed E-state index contributed by atoms with van der Waals surface area (Å²) >= 11 is 0. The molecule has 1 heterocycles. The molecule has 2 aromatic carbocycles. The Bertz CT molecular complexity index is 1020. The Balaban J connectivity index is 1.44. The van der Waals surface area contributed by atoms with E-state index in [1.807, 2.05) is 12.1 Å². The van der Waals surface area contributed by atoms with Gasteiger partial charge in [-0.1, -0.05) is 43.5 Å². The minimum atomic E-state index is -0.907. The first-order valence-electron chi connectivity index (χ1n) is 11.0. The number of ether oxygens (including phenoxy) is 1. The minimum absolute atomic E-state index is 0.169. The number of carbonyl (C=O) groups excluding carboxylic acids is 3. The number of nitrogens with zero attached hydrogens (tertiary/aromatic N) is 1. The molecule has 1 saturated heterocycles. The highest BCUT2D eigenvalue weighted by atomic mass is 19.1. The highest BCUT2D eigenvalue weighted by Crippen LogP contribution is 2.33.